The molecule has 0 spiro atoms. The van der Waals surface area contributed by atoms with Gasteiger partial charge in [-0.05, 0) is 25.1 Å². The molecular formula is C15H15ClFNO2. The first-order valence-electron chi connectivity index (χ1n) is 6.06. The van der Waals surface area contributed by atoms with Gasteiger partial charge in [0.1, 0.15) is 23.1 Å². The number of ether oxygens (including phenoxy) is 2. The Morgan fingerprint density at radius 3 is 2.55 bits per heavy atom. The Balaban J connectivity index is 2.42. The summed E-state index contributed by atoms with van der Waals surface area (Å²) in [5, 5.41) is -0.00208. The third kappa shape index (κ3) is 2.86. The van der Waals surface area contributed by atoms with E-state index in [1.54, 1.807) is 13.2 Å². The van der Waals surface area contributed by atoms with Crippen molar-refractivity contribution in [2.45, 2.75) is 13.5 Å². The first-order valence-corrected chi connectivity index (χ1v) is 6.44. The normalized spacial score (nSPS) is 10.4. The summed E-state index contributed by atoms with van der Waals surface area (Å²) in [6.07, 6.45) is 0. The minimum atomic E-state index is -0.512. The van der Waals surface area contributed by atoms with Gasteiger partial charge in [-0.3, -0.25) is 0 Å². The second-order valence-electron chi connectivity index (χ2n) is 4.26. The molecule has 0 radical (unpaired) electrons. The van der Waals surface area contributed by atoms with Gasteiger partial charge in [-0.1, -0.05) is 17.7 Å². The van der Waals surface area contributed by atoms with E-state index in [0.717, 1.165) is 5.56 Å². The van der Waals surface area contributed by atoms with Gasteiger partial charge in [0.15, 0.2) is 0 Å². The zero-order chi connectivity index (χ0) is 14.7. The van der Waals surface area contributed by atoms with Crippen molar-refractivity contribution in [2.75, 3.05) is 7.11 Å². The highest BCUT2D eigenvalue weighted by molar-refractivity contribution is 6.30. The van der Waals surface area contributed by atoms with Gasteiger partial charge < -0.3 is 15.2 Å². The van der Waals surface area contributed by atoms with Crippen LogP contribution < -0.4 is 15.2 Å². The predicted molar refractivity (Wildman–Crippen MR) is 77.1 cm³/mol. The average Bonchev–Trinajstić information content (AvgIpc) is 2.44. The number of hydrogen-bond donors (Lipinski definition) is 1. The molecule has 0 bridgehead atoms. The molecular weight excluding hydrogens is 281 g/mol. The van der Waals surface area contributed by atoms with E-state index in [2.05, 4.69) is 0 Å². The second kappa shape index (κ2) is 6.11. The van der Waals surface area contributed by atoms with Gasteiger partial charge in [0.2, 0.25) is 0 Å². The molecule has 2 aromatic carbocycles. The summed E-state index contributed by atoms with van der Waals surface area (Å²) in [7, 11) is 1.59. The molecule has 5 heteroatoms. The van der Waals surface area contributed by atoms with Crippen molar-refractivity contribution >= 4 is 11.6 Å². The van der Waals surface area contributed by atoms with Crippen LogP contribution in [0.3, 0.4) is 0 Å². The minimum Gasteiger partial charge on any atom is -0.496 e. The largest absolute Gasteiger partial charge is 0.496 e. The predicted octanol–water partition coefficient (Wildman–Crippen LogP) is 4.05. The lowest BCUT2D eigenvalue weighted by molar-refractivity contribution is 0.404. The zero-order valence-electron chi connectivity index (χ0n) is 11.2. The van der Waals surface area contributed by atoms with Crippen molar-refractivity contribution in [2.24, 2.45) is 5.73 Å². The number of benzene rings is 2. The minimum absolute atomic E-state index is 0.00208. The summed E-state index contributed by atoms with van der Waals surface area (Å²) in [5.41, 5.74) is 7.00. The summed E-state index contributed by atoms with van der Waals surface area (Å²) >= 11 is 5.79. The van der Waals surface area contributed by atoms with Crippen LogP contribution >= 0.6 is 11.6 Å². The monoisotopic (exact) mass is 295 g/mol. The summed E-state index contributed by atoms with van der Waals surface area (Å²) in [6.45, 7) is 2.04. The Labute approximate surface area is 122 Å². The SMILES string of the molecule is COc1cccc(Oc2cc(Cl)c(F)cc2CN)c1C. The maximum Gasteiger partial charge on any atom is 0.142 e. The molecule has 0 aromatic heterocycles. The van der Waals surface area contributed by atoms with Crippen molar-refractivity contribution in [1.82, 2.24) is 0 Å². The Hall–Kier alpha value is -1.78. The van der Waals surface area contributed by atoms with Crippen LogP contribution in [0.2, 0.25) is 5.02 Å². The molecule has 3 nitrogen and oxygen atoms in total. The Bertz CT molecular complexity index is 632. The van der Waals surface area contributed by atoms with Crippen LogP contribution in [0.4, 0.5) is 4.39 Å². The fourth-order valence-corrected chi connectivity index (χ4v) is 2.02. The lowest BCUT2D eigenvalue weighted by Crippen LogP contribution is -2.01. The molecule has 0 atom stereocenters. The van der Waals surface area contributed by atoms with Crippen LogP contribution in [0.25, 0.3) is 0 Å². The zero-order valence-corrected chi connectivity index (χ0v) is 12.0. The van der Waals surface area contributed by atoms with Gasteiger partial charge in [-0.15, -0.1) is 0 Å². The molecule has 106 valence electrons. The third-order valence-corrected chi connectivity index (χ3v) is 3.29. The van der Waals surface area contributed by atoms with E-state index >= 15 is 0 Å². The van der Waals surface area contributed by atoms with Crippen LogP contribution in [0.1, 0.15) is 11.1 Å². The molecule has 20 heavy (non-hydrogen) atoms. The summed E-state index contributed by atoms with van der Waals surface area (Å²) in [5.74, 6) is 1.25. The molecule has 0 saturated heterocycles. The van der Waals surface area contributed by atoms with Crippen molar-refractivity contribution in [3.63, 3.8) is 0 Å². The lowest BCUT2D eigenvalue weighted by atomic mass is 10.1. The number of hydrogen-bond acceptors (Lipinski definition) is 3. The summed E-state index contributed by atoms with van der Waals surface area (Å²) < 4.78 is 24.5. The van der Waals surface area contributed by atoms with Gasteiger partial charge >= 0.3 is 0 Å². The van der Waals surface area contributed by atoms with Gasteiger partial charge in [0.25, 0.3) is 0 Å². The third-order valence-electron chi connectivity index (χ3n) is 3.00. The van der Waals surface area contributed by atoms with Crippen LogP contribution in [0, 0.1) is 12.7 Å². The fraction of sp³-hybridized carbons (Fsp3) is 0.200. The number of nitrogens with two attached hydrogens (primary N) is 1. The van der Waals surface area contributed by atoms with Gasteiger partial charge in [-0.25, -0.2) is 4.39 Å². The molecule has 0 fully saturated rings. The highest BCUT2D eigenvalue weighted by Gasteiger charge is 2.12. The molecule has 0 aliphatic rings. The first-order chi connectivity index (χ1) is 9.56. The molecule has 2 aromatic rings. The molecule has 0 amide bonds. The lowest BCUT2D eigenvalue weighted by Gasteiger charge is -2.14. The van der Waals surface area contributed by atoms with Crippen molar-refractivity contribution in [3.8, 4) is 17.2 Å². The van der Waals surface area contributed by atoms with Crippen LogP contribution in [0.15, 0.2) is 30.3 Å². The Morgan fingerprint density at radius 1 is 1.20 bits per heavy atom. The van der Waals surface area contributed by atoms with E-state index in [1.807, 2.05) is 19.1 Å². The summed E-state index contributed by atoms with van der Waals surface area (Å²) in [4.78, 5) is 0. The molecule has 0 aliphatic carbocycles. The van der Waals surface area contributed by atoms with E-state index in [1.165, 1.54) is 12.1 Å². The van der Waals surface area contributed by atoms with Crippen LogP contribution in [-0.2, 0) is 6.54 Å². The first kappa shape index (κ1) is 14.6. The van der Waals surface area contributed by atoms with Crippen molar-refractivity contribution in [3.05, 3.63) is 52.3 Å². The highest BCUT2D eigenvalue weighted by Crippen LogP contribution is 2.34. The Kier molecular flexibility index (Phi) is 4.47. The number of methoxy groups -OCH3 is 1. The average molecular weight is 296 g/mol. The van der Waals surface area contributed by atoms with E-state index < -0.39 is 5.82 Å². The fourth-order valence-electron chi connectivity index (χ4n) is 1.87. The molecule has 0 aliphatic heterocycles. The molecule has 2 rings (SSSR count). The molecule has 0 heterocycles. The van der Waals surface area contributed by atoms with E-state index in [9.17, 15) is 4.39 Å². The maximum absolute atomic E-state index is 13.4. The number of rotatable bonds is 4. The van der Waals surface area contributed by atoms with Crippen molar-refractivity contribution in [1.29, 1.82) is 0 Å². The standard InChI is InChI=1S/C15H15ClFNO2/c1-9-13(19-2)4-3-5-14(9)20-15-7-11(16)12(17)6-10(15)8-18/h3-7H,8,18H2,1-2H3. The van der Waals surface area contributed by atoms with E-state index in [0.29, 0.717) is 22.8 Å². The topological polar surface area (TPSA) is 44.5 Å². The maximum atomic E-state index is 13.4. The van der Waals surface area contributed by atoms with E-state index in [-0.39, 0.29) is 11.6 Å². The second-order valence-corrected chi connectivity index (χ2v) is 4.67. The Morgan fingerprint density at radius 2 is 1.90 bits per heavy atom. The molecule has 2 N–H and O–H groups in total. The highest BCUT2D eigenvalue weighted by atomic mass is 35.5. The van der Waals surface area contributed by atoms with E-state index in [4.69, 9.17) is 26.8 Å². The van der Waals surface area contributed by atoms with Crippen LogP contribution in [0.5, 0.6) is 17.2 Å². The smallest absolute Gasteiger partial charge is 0.142 e. The molecule has 0 unspecified atom stereocenters. The number of halogens is 2. The van der Waals surface area contributed by atoms with Gasteiger partial charge in [0.05, 0.1) is 12.1 Å². The van der Waals surface area contributed by atoms with Crippen molar-refractivity contribution < 1.29 is 13.9 Å². The molecule has 0 saturated carbocycles. The quantitative estimate of drug-likeness (QED) is 0.925. The van der Waals surface area contributed by atoms with Gasteiger partial charge in [-0.2, -0.15) is 0 Å². The van der Waals surface area contributed by atoms with Crippen LogP contribution in [-0.4, -0.2) is 7.11 Å². The van der Waals surface area contributed by atoms with Gasteiger partial charge in [0, 0.05) is 23.7 Å². The summed E-state index contributed by atoms with van der Waals surface area (Å²) in [6, 6.07) is 8.17.